The summed E-state index contributed by atoms with van der Waals surface area (Å²) in [5, 5.41) is 28.0. The van der Waals surface area contributed by atoms with Crippen LogP contribution in [0.1, 0.15) is 40.5 Å². The minimum absolute atomic E-state index is 0.0733. The Labute approximate surface area is 283 Å². The summed E-state index contributed by atoms with van der Waals surface area (Å²) in [5.41, 5.74) is 3.70. The van der Waals surface area contributed by atoms with Crippen LogP contribution < -0.4 is 9.80 Å². The third-order valence-corrected chi connectivity index (χ3v) is 10.2. The average molecular weight is 697 g/mol. The van der Waals surface area contributed by atoms with Gasteiger partial charge in [0.2, 0.25) is 5.13 Å². The first-order valence-corrected chi connectivity index (χ1v) is 18.1. The van der Waals surface area contributed by atoms with Crippen molar-refractivity contribution in [3.8, 4) is 0 Å². The molecule has 0 spiro atoms. The van der Waals surface area contributed by atoms with E-state index in [4.69, 9.17) is 11.6 Å². The summed E-state index contributed by atoms with van der Waals surface area (Å²) >= 11 is 7.11. The maximum atomic E-state index is 11.8. The Morgan fingerprint density at radius 2 is 1.53 bits per heavy atom. The molecule has 248 valence electrons. The lowest BCUT2D eigenvalue weighted by molar-refractivity contribution is -0.380. The number of hydrogen-bond acceptors (Lipinski definition) is 12. The molecule has 12 nitrogen and oxygen atoms in total. The number of hydrogen-bond donors (Lipinski definition) is 0. The zero-order valence-electron chi connectivity index (χ0n) is 26.9. The van der Waals surface area contributed by atoms with E-state index in [0.717, 1.165) is 61.4 Å². The summed E-state index contributed by atoms with van der Waals surface area (Å²) in [4.78, 5) is 19.2. The van der Waals surface area contributed by atoms with Crippen LogP contribution in [0, 0.1) is 10.1 Å². The molecule has 1 aromatic heterocycles. The molecule has 0 aliphatic rings. The summed E-state index contributed by atoms with van der Waals surface area (Å²) in [6.45, 7) is 11.3. The van der Waals surface area contributed by atoms with Crippen molar-refractivity contribution in [1.29, 1.82) is 0 Å². The fraction of sp³-hybridized carbons (Fsp3) is 0.344. The molecule has 0 amide bonds. The van der Waals surface area contributed by atoms with Gasteiger partial charge in [0.1, 0.15) is 11.9 Å². The number of rotatable bonds is 15. The summed E-state index contributed by atoms with van der Waals surface area (Å²) in [7, 11) is -3.36. The van der Waals surface area contributed by atoms with Crippen LogP contribution in [0.5, 0.6) is 0 Å². The number of sulfone groups is 1. The van der Waals surface area contributed by atoms with Gasteiger partial charge in [0.15, 0.2) is 9.84 Å². The quantitative estimate of drug-likeness (QED) is 0.0683. The van der Waals surface area contributed by atoms with E-state index in [2.05, 4.69) is 62.9 Å². The zero-order valence-corrected chi connectivity index (χ0v) is 29.3. The first-order chi connectivity index (χ1) is 22.4. The third kappa shape index (κ3) is 9.18. The number of nitro groups is 1. The van der Waals surface area contributed by atoms with Gasteiger partial charge < -0.3 is 9.80 Å². The molecule has 1 heterocycles. The number of benzene rings is 3. The first-order valence-electron chi connectivity index (χ1n) is 15.0. The van der Waals surface area contributed by atoms with Crippen molar-refractivity contribution >= 4 is 71.3 Å². The van der Waals surface area contributed by atoms with Gasteiger partial charge in [0, 0.05) is 42.8 Å². The third-order valence-electron chi connectivity index (χ3n) is 7.94. The molecular weight excluding hydrogens is 660 g/mol. The van der Waals surface area contributed by atoms with E-state index in [-0.39, 0.29) is 25.6 Å². The van der Waals surface area contributed by atoms with Crippen LogP contribution >= 0.6 is 22.9 Å². The Morgan fingerprint density at radius 3 is 2.04 bits per heavy atom. The van der Waals surface area contributed by atoms with Gasteiger partial charge in [-0.25, -0.2) is 13.4 Å². The highest BCUT2D eigenvalue weighted by Crippen LogP contribution is 2.34. The fourth-order valence-corrected chi connectivity index (χ4v) is 6.54. The van der Waals surface area contributed by atoms with Crippen molar-refractivity contribution in [2.75, 3.05) is 35.7 Å². The first kappa shape index (κ1) is 35.6. The minimum atomic E-state index is -3.36. The van der Waals surface area contributed by atoms with Crippen molar-refractivity contribution < 1.29 is 13.3 Å². The van der Waals surface area contributed by atoms with E-state index in [9.17, 15) is 18.5 Å². The molecule has 0 bridgehead atoms. The lowest BCUT2D eigenvalue weighted by Crippen LogP contribution is -2.48. The van der Waals surface area contributed by atoms with Crippen LogP contribution in [0.2, 0.25) is 5.02 Å². The monoisotopic (exact) mass is 696 g/mol. The van der Waals surface area contributed by atoms with Crippen LogP contribution in [-0.2, 0) is 9.84 Å². The Hall–Kier alpha value is -4.27. The van der Waals surface area contributed by atoms with Crippen LogP contribution in [-0.4, -0.2) is 49.8 Å². The average Bonchev–Trinajstić information content (AvgIpc) is 3.54. The lowest BCUT2D eigenvalue weighted by Gasteiger charge is -2.43. The van der Waals surface area contributed by atoms with E-state index in [1.165, 1.54) is 18.3 Å². The molecule has 4 aromatic rings. The molecule has 47 heavy (non-hydrogen) atoms. The zero-order chi connectivity index (χ0) is 34.2. The molecule has 15 heteroatoms. The Kier molecular flexibility index (Phi) is 11.8. The number of nitrogens with zero attached hydrogens (tertiary/aromatic N) is 8. The Bertz CT molecular complexity index is 1850. The molecule has 0 saturated heterocycles. The van der Waals surface area contributed by atoms with Gasteiger partial charge in [-0.15, -0.1) is 15.3 Å². The Balaban J connectivity index is 1.41. The number of halogens is 1. The summed E-state index contributed by atoms with van der Waals surface area (Å²) in [6, 6.07) is 20.0. The van der Waals surface area contributed by atoms with Crippen molar-refractivity contribution in [3.05, 3.63) is 88.1 Å². The van der Waals surface area contributed by atoms with Gasteiger partial charge in [0.05, 0.1) is 26.2 Å². The molecule has 3 aromatic carbocycles. The van der Waals surface area contributed by atoms with E-state index in [0.29, 0.717) is 17.1 Å². The predicted molar refractivity (Wildman–Crippen MR) is 189 cm³/mol. The standard InChI is InChI=1S/C32H37ClN8O4S2/c1-6-32(4,40(8-3)26-15-11-24(12-16-26)36-38-31-34-22-30(46-31)41(42)43)19-20-39(7-2)25-13-9-23(10-14-25)35-37-29-18-17-27(21-28(29)33)47(5,44)45/h9-18,21-22H,6-8,19-20H2,1-5H3. The molecule has 0 aliphatic carbocycles. The van der Waals surface area contributed by atoms with Gasteiger partial charge in [-0.3, -0.25) is 10.1 Å². The van der Waals surface area contributed by atoms with Gasteiger partial charge in [-0.2, -0.15) is 5.11 Å². The van der Waals surface area contributed by atoms with Gasteiger partial charge in [-0.1, -0.05) is 18.5 Å². The van der Waals surface area contributed by atoms with Crippen LogP contribution in [0.25, 0.3) is 0 Å². The highest BCUT2D eigenvalue weighted by Gasteiger charge is 2.30. The SMILES string of the molecule is CCN(CCC(C)(CC)N(CC)c1ccc(N=Nc2ncc([N+](=O)[O-])s2)cc1)c1ccc(N=Nc2ccc(S(C)(=O)=O)cc2Cl)cc1. The molecule has 0 radical (unpaired) electrons. The van der Waals surface area contributed by atoms with Crippen LogP contribution in [0.3, 0.4) is 0 Å². The number of thiazole rings is 1. The molecule has 1 unspecified atom stereocenters. The molecule has 0 fully saturated rings. The van der Waals surface area contributed by atoms with E-state index in [1.54, 1.807) is 6.07 Å². The second kappa shape index (κ2) is 15.5. The van der Waals surface area contributed by atoms with Crippen molar-refractivity contribution in [2.24, 2.45) is 20.5 Å². The van der Waals surface area contributed by atoms with Crippen LogP contribution in [0.15, 0.2) is 98.3 Å². The van der Waals surface area contributed by atoms with Gasteiger partial charge in [-0.05, 0) is 112 Å². The number of azo groups is 2. The van der Waals surface area contributed by atoms with Gasteiger partial charge in [0.25, 0.3) is 0 Å². The maximum Gasteiger partial charge on any atom is 0.345 e. The minimum Gasteiger partial charge on any atom is -0.372 e. The summed E-state index contributed by atoms with van der Waals surface area (Å²) in [5.74, 6) is 0. The maximum absolute atomic E-state index is 11.8. The molecule has 0 aliphatic heterocycles. The van der Waals surface area contributed by atoms with E-state index >= 15 is 0 Å². The number of anilines is 2. The second-order valence-electron chi connectivity index (χ2n) is 11.0. The van der Waals surface area contributed by atoms with Crippen molar-refractivity contribution in [3.63, 3.8) is 0 Å². The highest BCUT2D eigenvalue weighted by atomic mass is 35.5. The molecule has 1 atom stereocenters. The summed E-state index contributed by atoms with van der Waals surface area (Å²) < 4.78 is 23.5. The topological polar surface area (TPSA) is 146 Å². The Morgan fingerprint density at radius 1 is 0.915 bits per heavy atom. The second-order valence-corrected chi connectivity index (χ2v) is 14.4. The number of aromatic nitrogens is 1. The fourth-order valence-electron chi connectivity index (χ4n) is 5.05. The predicted octanol–water partition coefficient (Wildman–Crippen LogP) is 9.85. The van der Waals surface area contributed by atoms with E-state index < -0.39 is 14.8 Å². The largest absolute Gasteiger partial charge is 0.372 e. The molecule has 0 saturated carbocycles. The van der Waals surface area contributed by atoms with E-state index in [1.807, 2.05) is 48.5 Å². The molecule has 0 N–H and O–H groups in total. The van der Waals surface area contributed by atoms with Crippen molar-refractivity contribution in [2.45, 2.75) is 51.0 Å². The lowest BCUT2D eigenvalue weighted by atomic mass is 9.90. The molecule has 4 rings (SSSR count). The van der Waals surface area contributed by atoms with Crippen molar-refractivity contribution in [1.82, 2.24) is 4.98 Å². The smallest absolute Gasteiger partial charge is 0.345 e. The highest BCUT2D eigenvalue weighted by molar-refractivity contribution is 7.90. The normalized spacial score (nSPS) is 13.2. The summed E-state index contributed by atoms with van der Waals surface area (Å²) in [6.07, 6.45) is 4.16. The van der Waals surface area contributed by atoms with Gasteiger partial charge >= 0.3 is 5.00 Å². The molecular formula is C32H37ClN8O4S2. The van der Waals surface area contributed by atoms with Crippen LogP contribution in [0.4, 0.5) is 38.6 Å².